The summed E-state index contributed by atoms with van der Waals surface area (Å²) >= 11 is 0. The molecule has 0 unspecified atom stereocenters. The number of aromatic amines is 1. The molecule has 0 aliphatic rings. The number of phenolic OH excluding ortho intramolecular Hbond substituents is 1. The Hall–Kier alpha value is -2.30. The molecule has 2 aromatic rings. The lowest BCUT2D eigenvalue weighted by atomic mass is 10.3. The van der Waals surface area contributed by atoms with Gasteiger partial charge in [-0.2, -0.15) is 0 Å². The van der Waals surface area contributed by atoms with Crippen molar-refractivity contribution in [1.82, 2.24) is 9.97 Å². The molecule has 5 nitrogen and oxygen atoms in total. The molecule has 3 N–H and O–H groups in total. The zero-order chi connectivity index (χ0) is 11.5. The lowest BCUT2D eigenvalue weighted by Gasteiger charge is -2.05. The Morgan fingerprint density at radius 1 is 1.31 bits per heavy atom. The van der Waals surface area contributed by atoms with Gasteiger partial charge in [-0.25, -0.2) is 4.98 Å². The van der Waals surface area contributed by atoms with Crippen molar-refractivity contribution in [2.24, 2.45) is 0 Å². The Labute approximate surface area is 91.8 Å². The van der Waals surface area contributed by atoms with Gasteiger partial charge in [0.15, 0.2) is 0 Å². The second-order valence-electron chi connectivity index (χ2n) is 3.41. The van der Waals surface area contributed by atoms with Crippen LogP contribution in [-0.4, -0.2) is 15.1 Å². The molecule has 82 valence electrons. The summed E-state index contributed by atoms with van der Waals surface area (Å²) in [5.74, 6) is 0.576. The van der Waals surface area contributed by atoms with Gasteiger partial charge in [0, 0.05) is 17.4 Å². The Kier molecular flexibility index (Phi) is 2.59. The van der Waals surface area contributed by atoms with E-state index in [9.17, 15) is 4.79 Å². The number of phenols is 1. The van der Waals surface area contributed by atoms with Gasteiger partial charge in [-0.1, -0.05) is 0 Å². The molecule has 0 bridgehead atoms. The molecule has 1 aromatic carbocycles. The van der Waals surface area contributed by atoms with Gasteiger partial charge in [0.05, 0.1) is 0 Å². The van der Waals surface area contributed by atoms with Gasteiger partial charge in [-0.05, 0) is 31.2 Å². The smallest absolute Gasteiger partial charge is 0.252 e. The fourth-order valence-corrected chi connectivity index (χ4v) is 1.32. The second kappa shape index (κ2) is 4.06. The molecule has 0 spiro atoms. The topological polar surface area (TPSA) is 78.0 Å². The fourth-order valence-electron chi connectivity index (χ4n) is 1.32. The van der Waals surface area contributed by atoms with Gasteiger partial charge in [0.1, 0.15) is 5.75 Å². The number of aromatic nitrogens is 2. The van der Waals surface area contributed by atoms with E-state index in [1.165, 1.54) is 6.07 Å². The van der Waals surface area contributed by atoms with Crippen molar-refractivity contribution in [3.8, 4) is 5.75 Å². The van der Waals surface area contributed by atoms with E-state index in [1.807, 2.05) is 0 Å². The monoisotopic (exact) mass is 217 g/mol. The third-order valence-electron chi connectivity index (χ3n) is 2.00. The van der Waals surface area contributed by atoms with Crippen molar-refractivity contribution in [3.05, 3.63) is 46.4 Å². The van der Waals surface area contributed by atoms with E-state index in [1.54, 1.807) is 31.2 Å². The lowest BCUT2D eigenvalue weighted by Crippen LogP contribution is -2.10. The molecule has 0 saturated carbocycles. The first-order valence-electron chi connectivity index (χ1n) is 4.77. The summed E-state index contributed by atoms with van der Waals surface area (Å²) in [7, 11) is 0. The Morgan fingerprint density at radius 2 is 2.00 bits per heavy atom. The number of nitrogens with zero attached hydrogens (tertiary/aromatic N) is 1. The Balaban J connectivity index is 2.26. The molecule has 0 radical (unpaired) electrons. The summed E-state index contributed by atoms with van der Waals surface area (Å²) in [4.78, 5) is 17.9. The van der Waals surface area contributed by atoms with E-state index in [0.29, 0.717) is 11.6 Å². The number of hydrogen-bond acceptors (Lipinski definition) is 4. The maximum Gasteiger partial charge on any atom is 0.252 e. The third kappa shape index (κ3) is 2.38. The van der Waals surface area contributed by atoms with Crippen molar-refractivity contribution in [3.63, 3.8) is 0 Å². The summed E-state index contributed by atoms with van der Waals surface area (Å²) in [5.41, 5.74) is 1.19. The largest absolute Gasteiger partial charge is 0.508 e. The maximum atomic E-state index is 11.2. The quantitative estimate of drug-likeness (QED) is 0.666. The number of H-pyrrole nitrogens is 1. The summed E-state index contributed by atoms with van der Waals surface area (Å²) in [5, 5.41) is 12.0. The predicted molar refractivity (Wildman–Crippen MR) is 61.0 cm³/mol. The molecule has 0 fully saturated rings. The standard InChI is InChI=1S/C11H11N3O2/c1-7-6-10(16)14-11(12-7)13-8-2-4-9(15)5-3-8/h2-6,15H,1H3,(H2,12,13,14,16). The highest BCUT2D eigenvalue weighted by molar-refractivity contribution is 5.54. The number of nitrogens with one attached hydrogen (secondary N) is 2. The van der Waals surface area contributed by atoms with Crippen LogP contribution in [0.5, 0.6) is 5.75 Å². The minimum atomic E-state index is -0.200. The van der Waals surface area contributed by atoms with Crippen LogP contribution in [-0.2, 0) is 0 Å². The molecular weight excluding hydrogens is 206 g/mol. The number of aromatic hydroxyl groups is 1. The Morgan fingerprint density at radius 3 is 2.62 bits per heavy atom. The normalized spacial score (nSPS) is 10.1. The fraction of sp³-hybridized carbons (Fsp3) is 0.0909. The van der Waals surface area contributed by atoms with E-state index in [0.717, 1.165) is 5.69 Å². The van der Waals surface area contributed by atoms with Gasteiger partial charge in [-0.15, -0.1) is 0 Å². The van der Waals surface area contributed by atoms with E-state index >= 15 is 0 Å². The van der Waals surface area contributed by atoms with E-state index < -0.39 is 0 Å². The van der Waals surface area contributed by atoms with Crippen LogP contribution in [0.4, 0.5) is 11.6 Å². The Bertz CT molecular complexity index is 546. The molecule has 0 aliphatic carbocycles. The van der Waals surface area contributed by atoms with Crippen LogP contribution in [0.1, 0.15) is 5.69 Å². The first kappa shape index (κ1) is 10.2. The molecule has 1 heterocycles. The first-order valence-corrected chi connectivity index (χ1v) is 4.77. The van der Waals surface area contributed by atoms with Gasteiger partial charge < -0.3 is 10.4 Å². The van der Waals surface area contributed by atoms with Crippen molar-refractivity contribution >= 4 is 11.6 Å². The van der Waals surface area contributed by atoms with Gasteiger partial charge in [0.2, 0.25) is 5.95 Å². The van der Waals surface area contributed by atoms with Gasteiger partial charge >= 0.3 is 0 Å². The summed E-state index contributed by atoms with van der Waals surface area (Å²) < 4.78 is 0. The number of rotatable bonds is 2. The molecule has 0 aliphatic heterocycles. The molecule has 1 aromatic heterocycles. The lowest BCUT2D eigenvalue weighted by molar-refractivity contribution is 0.475. The van der Waals surface area contributed by atoms with Crippen LogP contribution < -0.4 is 10.9 Å². The van der Waals surface area contributed by atoms with Gasteiger partial charge in [-0.3, -0.25) is 9.78 Å². The van der Waals surface area contributed by atoms with E-state index in [-0.39, 0.29) is 11.3 Å². The average Bonchev–Trinajstić information content (AvgIpc) is 2.20. The third-order valence-corrected chi connectivity index (χ3v) is 2.00. The minimum Gasteiger partial charge on any atom is -0.508 e. The number of aryl methyl sites for hydroxylation is 1. The molecular formula is C11H11N3O2. The highest BCUT2D eigenvalue weighted by Crippen LogP contribution is 2.16. The molecule has 0 saturated heterocycles. The van der Waals surface area contributed by atoms with Crippen molar-refractivity contribution in [2.45, 2.75) is 6.92 Å². The number of anilines is 2. The SMILES string of the molecule is Cc1cc(=O)[nH]c(Nc2ccc(O)cc2)n1. The summed E-state index contributed by atoms with van der Waals surface area (Å²) in [6, 6.07) is 7.91. The highest BCUT2D eigenvalue weighted by atomic mass is 16.3. The zero-order valence-corrected chi connectivity index (χ0v) is 8.69. The highest BCUT2D eigenvalue weighted by Gasteiger charge is 1.98. The average molecular weight is 217 g/mol. The second-order valence-corrected chi connectivity index (χ2v) is 3.41. The van der Waals surface area contributed by atoms with E-state index in [2.05, 4.69) is 15.3 Å². The first-order chi connectivity index (χ1) is 7.63. The maximum absolute atomic E-state index is 11.2. The minimum absolute atomic E-state index is 0.191. The van der Waals surface area contributed by atoms with Crippen LogP contribution in [0.2, 0.25) is 0 Å². The summed E-state index contributed by atoms with van der Waals surface area (Å²) in [6.07, 6.45) is 0. The van der Waals surface area contributed by atoms with Crippen LogP contribution >= 0.6 is 0 Å². The summed E-state index contributed by atoms with van der Waals surface area (Å²) in [6.45, 7) is 1.75. The van der Waals surface area contributed by atoms with Crippen molar-refractivity contribution in [2.75, 3.05) is 5.32 Å². The molecule has 0 atom stereocenters. The predicted octanol–water partition coefficient (Wildman–Crippen LogP) is 1.53. The molecule has 0 amide bonds. The molecule has 16 heavy (non-hydrogen) atoms. The van der Waals surface area contributed by atoms with Crippen LogP contribution in [0.25, 0.3) is 0 Å². The zero-order valence-electron chi connectivity index (χ0n) is 8.69. The number of benzene rings is 1. The number of hydrogen-bond donors (Lipinski definition) is 3. The van der Waals surface area contributed by atoms with Crippen molar-refractivity contribution in [1.29, 1.82) is 0 Å². The van der Waals surface area contributed by atoms with E-state index in [4.69, 9.17) is 5.11 Å². The molecule has 5 heteroatoms. The van der Waals surface area contributed by atoms with Crippen LogP contribution in [0.15, 0.2) is 35.1 Å². The van der Waals surface area contributed by atoms with Gasteiger partial charge in [0.25, 0.3) is 5.56 Å². The molecule has 2 rings (SSSR count). The van der Waals surface area contributed by atoms with Crippen LogP contribution in [0, 0.1) is 6.92 Å². The van der Waals surface area contributed by atoms with Crippen molar-refractivity contribution < 1.29 is 5.11 Å². The van der Waals surface area contributed by atoms with Crippen LogP contribution in [0.3, 0.4) is 0 Å².